The van der Waals surface area contributed by atoms with E-state index in [2.05, 4.69) is 25.7 Å². The molecule has 3 rings (SSSR count). The van der Waals surface area contributed by atoms with Gasteiger partial charge in [-0.05, 0) is 42.7 Å². The minimum absolute atomic E-state index is 0.0733. The molecule has 2 aliphatic carbocycles. The Labute approximate surface area is 123 Å². The summed E-state index contributed by atoms with van der Waals surface area (Å²) in [7, 11) is 0. The average Bonchev–Trinajstić information content (AvgIpc) is 2.94. The van der Waals surface area contributed by atoms with Gasteiger partial charge in [0.25, 0.3) is 0 Å². The number of benzene rings is 1. The number of rotatable bonds is 2. The summed E-state index contributed by atoms with van der Waals surface area (Å²) in [5.41, 5.74) is 0.110. The molecule has 2 saturated carbocycles. The van der Waals surface area contributed by atoms with Crippen molar-refractivity contribution in [2.45, 2.75) is 33.1 Å². The van der Waals surface area contributed by atoms with Gasteiger partial charge in [-0.25, -0.2) is 8.78 Å². The fraction of sp³-hybridized carbons (Fsp3) is 0.471. The zero-order chi connectivity index (χ0) is 15.4. The number of anilines is 1. The van der Waals surface area contributed by atoms with Crippen LogP contribution in [0.3, 0.4) is 0 Å². The largest absolute Gasteiger partial charge is 0.323 e. The third kappa shape index (κ3) is 1.92. The molecule has 0 heterocycles. The van der Waals surface area contributed by atoms with Crippen LogP contribution in [0.4, 0.5) is 14.5 Å². The molecule has 1 amide bonds. The molecule has 2 fully saturated rings. The Morgan fingerprint density at radius 1 is 1.38 bits per heavy atom. The second-order valence-corrected chi connectivity index (χ2v) is 6.80. The van der Waals surface area contributed by atoms with Crippen LogP contribution in [-0.4, -0.2) is 5.91 Å². The van der Waals surface area contributed by atoms with Gasteiger partial charge < -0.3 is 5.32 Å². The summed E-state index contributed by atoms with van der Waals surface area (Å²) in [4.78, 5) is 12.7. The molecule has 2 atom stereocenters. The van der Waals surface area contributed by atoms with E-state index >= 15 is 0 Å². The van der Waals surface area contributed by atoms with E-state index in [-0.39, 0.29) is 17.0 Å². The maximum atomic E-state index is 13.7. The van der Waals surface area contributed by atoms with E-state index in [0.717, 1.165) is 43.0 Å². The molecule has 1 N–H and O–H groups in total. The summed E-state index contributed by atoms with van der Waals surface area (Å²) in [6.07, 6.45) is 2.47. The summed E-state index contributed by atoms with van der Waals surface area (Å²) in [5.74, 6) is -1.02. The molecule has 1 aromatic rings. The minimum atomic E-state index is -0.632. The highest BCUT2D eigenvalue weighted by Gasteiger charge is 2.60. The smallest absolute Gasteiger partial charge is 0.234 e. The number of carbonyl (C=O) groups excluding carboxylic acids is 1. The van der Waals surface area contributed by atoms with Gasteiger partial charge in [-0.2, -0.15) is 0 Å². The van der Waals surface area contributed by atoms with Crippen LogP contribution < -0.4 is 5.32 Å². The van der Waals surface area contributed by atoms with E-state index in [1.54, 1.807) is 0 Å². The monoisotopic (exact) mass is 291 g/mol. The molecule has 21 heavy (non-hydrogen) atoms. The number of fused-ring (bicyclic) bond motifs is 2. The van der Waals surface area contributed by atoms with E-state index in [1.165, 1.54) is 0 Å². The van der Waals surface area contributed by atoms with Crippen molar-refractivity contribution in [1.29, 1.82) is 0 Å². The lowest BCUT2D eigenvalue weighted by Crippen LogP contribution is -2.37. The Hall–Kier alpha value is -1.71. The summed E-state index contributed by atoms with van der Waals surface area (Å²) in [6, 6.07) is 3.07. The zero-order valence-corrected chi connectivity index (χ0v) is 12.3. The molecule has 112 valence electrons. The highest BCUT2D eigenvalue weighted by Crippen LogP contribution is 2.65. The number of nitrogens with one attached hydrogen (secondary N) is 1. The average molecular weight is 291 g/mol. The van der Waals surface area contributed by atoms with Crippen LogP contribution in [-0.2, 0) is 4.79 Å². The number of hydrogen-bond donors (Lipinski definition) is 1. The Balaban J connectivity index is 1.90. The van der Waals surface area contributed by atoms with Gasteiger partial charge >= 0.3 is 0 Å². The molecule has 2 nitrogen and oxygen atoms in total. The molecule has 0 spiro atoms. The molecule has 1 aromatic carbocycles. The molecule has 4 heteroatoms. The quantitative estimate of drug-likeness (QED) is 0.809. The lowest BCUT2D eigenvalue weighted by molar-refractivity contribution is -0.123. The van der Waals surface area contributed by atoms with Gasteiger partial charge in [-0.15, -0.1) is 0 Å². The second kappa shape index (κ2) is 4.39. The Morgan fingerprint density at radius 3 is 2.71 bits per heavy atom. The zero-order valence-electron chi connectivity index (χ0n) is 12.3. The predicted octanol–water partition coefficient (Wildman–Crippen LogP) is 4.29. The van der Waals surface area contributed by atoms with Gasteiger partial charge in [0.15, 0.2) is 0 Å². The number of hydrogen-bond acceptors (Lipinski definition) is 1. The van der Waals surface area contributed by atoms with Crippen molar-refractivity contribution in [3.8, 4) is 0 Å². The predicted molar refractivity (Wildman–Crippen MR) is 77.7 cm³/mol. The third-order valence-electron chi connectivity index (χ3n) is 5.50. The highest BCUT2D eigenvalue weighted by molar-refractivity contribution is 5.98. The first-order chi connectivity index (χ1) is 9.77. The maximum absolute atomic E-state index is 13.7. The summed E-state index contributed by atoms with van der Waals surface area (Å²) in [6.45, 7) is 8.35. The maximum Gasteiger partial charge on any atom is 0.234 e. The summed E-state index contributed by atoms with van der Waals surface area (Å²) >= 11 is 0. The molecule has 2 unspecified atom stereocenters. The molecular formula is C17H19F2NO. The van der Waals surface area contributed by atoms with Crippen LogP contribution in [0.1, 0.15) is 33.1 Å². The molecule has 2 bridgehead atoms. The number of amides is 1. The van der Waals surface area contributed by atoms with Gasteiger partial charge in [0.2, 0.25) is 5.91 Å². The SMILES string of the molecule is C=C1C2(C(=O)Nc3cc(F)ccc3F)CCC(C2)C1(C)C. The van der Waals surface area contributed by atoms with Crippen molar-refractivity contribution < 1.29 is 13.6 Å². The third-order valence-corrected chi connectivity index (χ3v) is 5.50. The Morgan fingerprint density at radius 2 is 2.10 bits per heavy atom. The van der Waals surface area contributed by atoms with Crippen LogP contribution >= 0.6 is 0 Å². The van der Waals surface area contributed by atoms with E-state index < -0.39 is 17.0 Å². The molecule has 0 aromatic heterocycles. The van der Waals surface area contributed by atoms with Crippen LogP contribution in [0, 0.1) is 28.4 Å². The van der Waals surface area contributed by atoms with Crippen LogP contribution in [0.5, 0.6) is 0 Å². The van der Waals surface area contributed by atoms with Gasteiger partial charge in [-0.1, -0.05) is 26.0 Å². The first-order valence-corrected chi connectivity index (χ1v) is 7.24. The minimum Gasteiger partial charge on any atom is -0.323 e. The van der Waals surface area contributed by atoms with Crippen molar-refractivity contribution in [2.75, 3.05) is 5.32 Å². The van der Waals surface area contributed by atoms with E-state index in [4.69, 9.17) is 0 Å². The van der Waals surface area contributed by atoms with Gasteiger partial charge in [-0.3, -0.25) is 4.79 Å². The number of halogens is 2. The van der Waals surface area contributed by atoms with Crippen molar-refractivity contribution in [3.63, 3.8) is 0 Å². The summed E-state index contributed by atoms with van der Waals surface area (Å²) < 4.78 is 26.9. The van der Waals surface area contributed by atoms with Gasteiger partial charge in [0.1, 0.15) is 11.6 Å². The second-order valence-electron chi connectivity index (χ2n) is 6.80. The molecule has 2 aliphatic rings. The first kappa shape index (κ1) is 14.2. The van der Waals surface area contributed by atoms with Gasteiger partial charge in [0, 0.05) is 6.07 Å². The lowest BCUT2D eigenvalue weighted by atomic mass is 9.68. The molecule has 0 aliphatic heterocycles. The van der Waals surface area contributed by atoms with Crippen LogP contribution in [0.15, 0.2) is 30.4 Å². The number of carbonyl (C=O) groups is 1. The summed E-state index contributed by atoms with van der Waals surface area (Å²) in [5, 5.41) is 2.56. The van der Waals surface area contributed by atoms with E-state index in [9.17, 15) is 13.6 Å². The fourth-order valence-corrected chi connectivity index (χ4v) is 3.98. The normalized spacial score (nSPS) is 29.7. The van der Waals surface area contributed by atoms with Crippen molar-refractivity contribution in [2.24, 2.45) is 16.7 Å². The van der Waals surface area contributed by atoms with E-state index in [1.807, 2.05) is 0 Å². The van der Waals surface area contributed by atoms with Crippen LogP contribution in [0.2, 0.25) is 0 Å². The standard InChI is InChI=1S/C17H19F2NO/c1-10-16(2,3)11-6-7-17(10,9-11)15(21)20-14-8-12(18)4-5-13(14)19/h4-5,8,11H,1,6-7,9H2,2-3H3,(H,20,21). The molecule has 0 saturated heterocycles. The molecular weight excluding hydrogens is 272 g/mol. The lowest BCUT2D eigenvalue weighted by Gasteiger charge is -2.37. The van der Waals surface area contributed by atoms with Crippen molar-refractivity contribution in [3.05, 3.63) is 42.0 Å². The first-order valence-electron chi connectivity index (χ1n) is 7.24. The van der Waals surface area contributed by atoms with Crippen molar-refractivity contribution >= 4 is 11.6 Å². The highest BCUT2D eigenvalue weighted by atomic mass is 19.1. The van der Waals surface area contributed by atoms with E-state index in [0.29, 0.717) is 5.92 Å². The Bertz CT molecular complexity index is 638. The van der Waals surface area contributed by atoms with Crippen molar-refractivity contribution in [1.82, 2.24) is 0 Å². The molecule has 0 radical (unpaired) electrons. The fourth-order valence-electron chi connectivity index (χ4n) is 3.98. The topological polar surface area (TPSA) is 29.1 Å². The van der Waals surface area contributed by atoms with Gasteiger partial charge in [0.05, 0.1) is 11.1 Å². The van der Waals surface area contributed by atoms with Crippen LogP contribution in [0.25, 0.3) is 0 Å². The Kier molecular flexibility index (Phi) is 2.98.